The van der Waals surface area contributed by atoms with E-state index < -0.39 is 5.97 Å². The molecule has 1 spiro atoms. The van der Waals surface area contributed by atoms with Crippen LogP contribution in [-0.4, -0.2) is 44.6 Å². The topological polar surface area (TPSA) is 108 Å². The van der Waals surface area contributed by atoms with Gasteiger partial charge in [0.15, 0.2) is 0 Å². The summed E-state index contributed by atoms with van der Waals surface area (Å²) in [5, 5.41) is 10.3. The quantitative estimate of drug-likeness (QED) is 0.688. The largest absolute Gasteiger partial charge is 0.481 e. The average molecular weight is 449 g/mol. The van der Waals surface area contributed by atoms with Crippen molar-refractivity contribution in [2.45, 2.75) is 60.6 Å². The Balaban J connectivity index is 1.41. The smallest absolute Gasteiger partial charge is 0.305 e. The first kappa shape index (κ1) is 19.1. The second kappa shape index (κ2) is 6.45. The summed E-state index contributed by atoms with van der Waals surface area (Å²) >= 11 is 3.08. The molecular weight excluding hydrogens is 424 g/mol. The number of hydrogen-bond donors (Lipinski definition) is 2. The highest BCUT2D eigenvalue weighted by molar-refractivity contribution is 8.00. The van der Waals surface area contributed by atoms with Crippen LogP contribution in [0.2, 0.25) is 0 Å². The Morgan fingerprint density at radius 2 is 1.80 bits per heavy atom. The number of nitrogens with one attached hydrogen (secondary N) is 1. The third-order valence-electron chi connectivity index (χ3n) is 8.45. The third kappa shape index (κ3) is 2.33. The van der Waals surface area contributed by atoms with Crippen molar-refractivity contribution in [3.05, 3.63) is 14.5 Å². The maximum atomic E-state index is 13.2. The molecule has 4 fully saturated rings. The number of carboxylic acid groups (broad SMARTS) is 1. The number of aliphatic carboxylic acids is 1. The number of thiazole rings is 1. The van der Waals surface area contributed by atoms with Gasteiger partial charge in [0.25, 0.3) is 0 Å². The van der Waals surface area contributed by atoms with E-state index in [0.29, 0.717) is 5.92 Å². The average Bonchev–Trinajstić information content (AvgIpc) is 3.43. The van der Waals surface area contributed by atoms with Crippen LogP contribution in [0.1, 0.15) is 49.8 Å². The minimum absolute atomic E-state index is 0.00281. The predicted molar refractivity (Wildman–Crippen MR) is 110 cm³/mol. The fourth-order valence-corrected chi connectivity index (χ4v) is 10.7. The molecule has 0 aromatic carbocycles. The number of aromatic nitrogens is 1. The van der Waals surface area contributed by atoms with E-state index in [9.17, 15) is 19.2 Å². The first-order chi connectivity index (χ1) is 14.4. The Bertz CT molecular complexity index is 1010. The minimum Gasteiger partial charge on any atom is -0.481 e. The van der Waals surface area contributed by atoms with Gasteiger partial charge in [-0.1, -0.05) is 30.6 Å². The first-order valence-electron chi connectivity index (χ1n) is 10.9. The number of carbonyl (C=O) groups excluding carboxylic acids is 2. The highest BCUT2D eigenvalue weighted by atomic mass is 32.2. The molecule has 3 aliphatic carbocycles. The summed E-state index contributed by atoms with van der Waals surface area (Å²) < 4.78 is 0. The summed E-state index contributed by atoms with van der Waals surface area (Å²) in [6.45, 7) is -0.0201. The second-order valence-corrected chi connectivity index (χ2v) is 11.8. The van der Waals surface area contributed by atoms with Gasteiger partial charge in [-0.05, 0) is 37.0 Å². The van der Waals surface area contributed by atoms with E-state index in [4.69, 9.17) is 5.11 Å². The number of nitrogens with zero attached hydrogens (tertiary/aromatic N) is 1. The Kier molecular flexibility index (Phi) is 4.11. The van der Waals surface area contributed by atoms with Gasteiger partial charge in [0.1, 0.15) is 0 Å². The fourth-order valence-electron chi connectivity index (χ4n) is 7.57. The molecule has 5 aliphatic rings. The van der Waals surface area contributed by atoms with Crippen molar-refractivity contribution in [1.82, 2.24) is 9.88 Å². The summed E-state index contributed by atoms with van der Waals surface area (Å²) in [6.07, 6.45) is 6.31. The summed E-state index contributed by atoms with van der Waals surface area (Å²) in [4.78, 5) is 55.1. The maximum absolute atomic E-state index is 13.2. The number of aromatic amines is 1. The van der Waals surface area contributed by atoms with Crippen LogP contribution in [0.5, 0.6) is 0 Å². The molecule has 9 heteroatoms. The van der Waals surface area contributed by atoms with E-state index in [0.717, 1.165) is 37.1 Å². The van der Waals surface area contributed by atoms with E-state index in [2.05, 4.69) is 4.98 Å². The van der Waals surface area contributed by atoms with Crippen LogP contribution in [0.25, 0.3) is 0 Å². The van der Waals surface area contributed by atoms with Gasteiger partial charge in [-0.25, -0.2) is 0 Å². The molecular formula is C21H24N2O5S2. The van der Waals surface area contributed by atoms with Crippen LogP contribution in [0.4, 0.5) is 0 Å². The molecule has 0 radical (unpaired) electrons. The molecule has 30 heavy (non-hydrogen) atoms. The summed E-state index contributed by atoms with van der Waals surface area (Å²) in [5.41, 5.74) is -0.0461. The number of carbonyl (C=O) groups is 3. The molecule has 2 amide bonds. The molecule has 3 saturated carbocycles. The number of carboxylic acids is 1. The van der Waals surface area contributed by atoms with Gasteiger partial charge in [0.2, 0.25) is 11.8 Å². The zero-order chi connectivity index (χ0) is 20.8. The van der Waals surface area contributed by atoms with Crippen LogP contribution in [0.3, 0.4) is 0 Å². The normalized spacial score (nSPS) is 38.1. The van der Waals surface area contributed by atoms with Crippen LogP contribution < -0.4 is 4.87 Å². The van der Waals surface area contributed by atoms with Crippen LogP contribution >= 0.6 is 23.1 Å². The Morgan fingerprint density at radius 3 is 2.50 bits per heavy atom. The SMILES string of the molecule is O=C(O)CCN1C(=O)[C@@H]2[C@H]3C[C@@H]([C@H]4Sc5[nH]c(=O)sc5C5(CCCCC5)[C@@H]34)[C@H]2C1=O. The number of imide groups is 1. The lowest BCUT2D eigenvalue weighted by Crippen LogP contribution is -2.51. The molecule has 160 valence electrons. The molecule has 1 saturated heterocycles. The Labute approximate surface area is 181 Å². The number of hydrogen-bond acceptors (Lipinski definition) is 6. The first-order valence-corrected chi connectivity index (χ1v) is 12.6. The van der Waals surface area contributed by atoms with Gasteiger partial charge >= 0.3 is 10.8 Å². The predicted octanol–water partition coefficient (Wildman–Crippen LogP) is 2.45. The highest BCUT2D eigenvalue weighted by Gasteiger charge is 2.71. The zero-order valence-corrected chi connectivity index (χ0v) is 18.1. The van der Waals surface area contributed by atoms with Gasteiger partial charge in [-0.15, -0.1) is 11.8 Å². The third-order valence-corrected chi connectivity index (χ3v) is 11.1. The lowest BCUT2D eigenvalue weighted by Gasteiger charge is -2.52. The van der Waals surface area contributed by atoms with Gasteiger partial charge in [-0.3, -0.25) is 24.1 Å². The molecule has 1 aromatic rings. The molecule has 0 unspecified atom stereocenters. The number of thioether (sulfide) groups is 1. The van der Waals surface area contributed by atoms with E-state index >= 15 is 0 Å². The second-order valence-electron chi connectivity index (χ2n) is 9.58. The van der Waals surface area contributed by atoms with Gasteiger partial charge in [0.05, 0.1) is 23.3 Å². The molecule has 7 nitrogen and oxygen atoms in total. The molecule has 6 rings (SSSR count). The van der Waals surface area contributed by atoms with Gasteiger partial charge < -0.3 is 10.1 Å². The van der Waals surface area contributed by atoms with E-state index in [1.165, 1.54) is 27.5 Å². The zero-order valence-electron chi connectivity index (χ0n) is 16.5. The van der Waals surface area contributed by atoms with Gasteiger partial charge in [0, 0.05) is 22.1 Å². The number of H-pyrrole nitrogens is 1. The van der Waals surface area contributed by atoms with Crippen LogP contribution in [0, 0.1) is 29.6 Å². The number of fused-ring (bicyclic) bond motifs is 11. The van der Waals surface area contributed by atoms with Gasteiger partial charge in [-0.2, -0.15) is 0 Å². The van der Waals surface area contributed by atoms with Crippen molar-refractivity contribution in [2.75, 3.05) is 6.54 Å². The van der Waals surface area contributed by atoms with E-state index in [1.54, 1.807) is 11.8 Å². The van der Waals surface area contributed by atoms with Crippen molar-refractivity contribution in [3.8, 4) is 0 Å². The van der Waals surface area contributed by atoms with Crippen molar-refractivity contribution in [2.24, 2.45) is 29.6 Å². The van der Waals surface area contributed by atoms with Crippen molar-refractivity contribution in [3.63, 3.8) is 0 Å². The van der Waals surface area contributed by atoms with E-state index in [1.807, 2.05) is 0 Å². The number of rotatable bonds is 3. The minimum atomic E-state index is -0.991. The number of likely N-dealkylation sites (tertiary alicyclic amines) is 1. The maximum Gasteiger partial charge on any atom is 0.305 e. The molecule has 1 aromatic heterocycles. The molecule has 2 aliphatic heterocycles. The van der Waals surface area contributed by atoms with Crippen molar-refractivity contribution in [1.29, 1.82) is 0 Å². The molecule has 6 atom stereocenters. The van der Waals surface area contributed by atoms with E-state index in [-0.39, 0.29) is 64.0 Å². The molecule has 3 heterocycles. The lowest BCUT2D eigenvalue weighted by molar-refractivity contribution is -0.142. The highest BCUT2D eigenvalue weighted by Crippen LogP contribution is 2.71. The van der Waals surface area contributed by atoms with Crippen molar-refractivity contribution < 1.29 is 19.5 Å². The Hall–Kier alpha value is -1.61. The Morgan fingerprint density at radius 1 is 1.10 bits per heavy atom. The summed E-state index contributed by atoms with van der Waals surface area (Å²) in [6, 6.07) is 0. The van der Waals surface area contributed by atoms with Crippen molar-refractivity contribution >= 4 is 40.9 Å². The fraction of sp³-hybridized carbons (Fsp3) is 0.714. The standard InChI is InChI=1S/C21H24N2O5S2/c24-11(25)4-7-23-18(26)12-9-8-10(13(12)19(23)27)15-14(9)21(5-2-1-3-6-21)16-17(29-15)22-20(28)30-16/h9-10,12-15H,1-8H2,(H,22,28)(H,24,25)/t9-,10-,12-,13-,14+,15-/m1/s1. The monoisotopic (exact) mass is 448 g/mol. The number of amides is 2. The summed E-state index contributed by atoms with van der Waals surface area (Å²) in [7, 11) is 0. The lowest BCUT2D eigenvalue weighted by atomic mass is 9.57. The van der Waals surface area contributed by atoms with Crippen LogP contribution in [-0.2, 0) is 19.8 Å². The molecule has 2 bridgehead atoms. The molecule has 2 N–H and O–H groups in total. The summed E-state index contributed by atoms with van der Waals surface area (Å²) in [5.74, 6) is -1.30. The van der Waals surface area contributed by atoms with Crippen LogP contribution in [0.15, 0.2) is 9.82 Å².